The predicted molar refractivity (Wildman–Crippen MR) is 76.9 cm³/mol. The minimum Gasteiger partial charge on any atom is -0.489 e. The smallest absolute Gasteiger partial charge is 0.124 e. The number of benzene rings is 2. The van der Waals surface area contributed by atoms with E-state index >= 15 is 0 Å². The molecule has 19 heavy (non-hydrogen) atoms. The van der Waals surface area contributed by atoms with Gasteiger partial charge >= 0.3 is 0 Å². The van der Waals surface area contributed by atoms with Crippen molar-refractivity contribution < 1.29 is 9.13 Å². The van der Waals surface area contributed by atoms with E-state index in [-0.39, 0.29) is 5.82 Å². The first-order chi connectivity index (χ1) is 9.22. The van der Waals surface area contributed by atoms with E-state index in [1.807, 2.05) is 6.07 Å². The summed E-state index contributed by atoms with van der Waals surface area (Å²) in [5.74, 6) is 0.644. The Morgan fingerprint density at radius 3 is 2.74 bits per heavy atom. The quantitative estimate of drug-likeness (QED) is 0.799. The zero-order chi connectivity index (χ0) is 13.2. The second-order valence-electron chi connectivity index (χ2n) is 4.81. The van der Waals surface area contributed by atoms with Crippen LogP contribution in [0.25, 0.3) is 0 Å². The van der Waals surface area contributed by atoms with Crippen LogP contribution in [0.4, 0.5) is 4.39 Å². The largest absolute Gasteiger partial charge is 0.489 e. The molecule has 0 N–H and O–H groups in total. The van der Waals surface area contributed by atoms with Gasteiger partial charge in [-0.1, -0.05) is 28.1 Å². The van der Waals surface area contributed by atoms with E-state index in [1.54, 1.807) is 6.07 Å². The fourth-order valence-corrected chi connectivity index (χ4v) is 2.90. The van der Waals surface area contributed by atoms with Gasteiger partial charge in [0.1, 0.15) is 18.2 Å². The summed E-state index contributed by atoms with van der Waals surface area (Å²) in [5, 5.41) is 0. The molecule has 0 amide bonds. The molecule has 0 saturated carbocycles. The lowest BCUT2D eigenvalue weighted by Gasteiger charge is -2.09. The molecule has 0 atom stereocenters. The molecule has 0 aromatic heterocycles. The molecule has 0 spiro atoms. The van der Waals surface area contributed by atoms with Crippen molar-refractivity contribution in [3.05, 3.63) is 63.4 Å². The maximum absolute atomic E-state index is 13.0. The van der Waals surface area contributed by atoms with Crippen LogP contribution in [0, 0.1) is 5.82 Å². The van der Waals surface area contributed by atoms with E-state index in [0.29, 0.717) is 6.61 Å². The summed E-state index contributed by atoms with van der Waals surface area (Å²) in [7, 11) is 0. The molecule has 0 radical (unpaired) electrons. The number of halogens is 2. The predicted octanol–water partition coefficient (Wildman–Crippen LogP) is 4.66. The number of rotatable bonds is 3. The van der Waals surface area contributed by atoms with Gasteiger partial charge in [-0.05, 0) is 54.7 Å². The summed E-state index contributed by atoms with van der Waals surface area (Å²) < 4.78 is 19.5. The maximum atomic E-state index is 13.0. The molecule has 1 aliphatic rings. The molecule has 2 aromatic carbocycles. The SMILES string of the molecule is Fc1ccc(COc2ccc3c(c2)CCC3)c(Br)c1. The van der Waals surface area contributed by atoms with Gasteiger partial charge in [0.25, 0.3) is 0 Å². The topological polar surface area (TPSA) is 9.23 Å². The highest BCUT2D eigenvalue weighted by Crippen LogP contribution is 2.27. The maximum Gasteiger partial charge on any atom is 0.124 e. The summed E-state index contributed by atoms with van der Waals surface area (Å²) in [6.07, 6.45) is 3.56. The molecule has 0 saturated heterocycles. The lowest BCUT2D eigenvalue weighted by molar-refractivity contribution is 0.305. The Kier molecular flexibility index (Phi) is 3.56. The van der Waals surface area contributed by atoms with Crippen molar-refractivity contribution >= 4 is 15.9 Å². The summed E-state index contributed by atoms with van der Waals surface area (Å²) in [6.45, 7) is 0.444. The minimum atomic E-state index is -0.242. The molecule has 0 fully saturated rings. The standard InChI is InChI=1S/C16H14BrFO/c17-16-9-14(18)6-4-13(16)10-19-15-7-5-11-2-1-3-12(11)8-15/h4-9H,1-3,10H2. The van der Waals surface area contributed by atoms with Crippen LogP contribution in [0.5, 0.6) is 5.75 Å². The van der Waals surface area contributed by atoms with Gasteiger partial charge in [0, 0.05) is 10.0 Å². The second-order valence-corrected chi connectivity index (χ2v) is 5.66. The third kappa shape index (κ3) is 2.81. The summed E-state index contributed by atoms with van der Waals surface area (Å²) in [6, 6.07) is 10.9. The Bertz CT molecular complexity index is 610. The van der Waals surface area contributed by atoms with E-state index in [0.717, 1.165) is 22.2 Å². The van der Waals surface area contributed by atoms with Crippen LogP contribution in [0.1, 0.15) is 23.1 Å². The van der Waals surface area contributed by atoms with Crippen LogP contribution >= 0.6 is 15.9 Å². The monoisotopic (exact) mass is 320 g/mol. The van der Waals surface area contributed by atoms with Crippen molar-refractivity contribution in [3.8, 4) is 5.75 Å². The Hall–Kier alpha value is -1.35. The van der Waals surface area contributed by atoms with Gasteiger partial charge in [-0.2, -0.15) is 0 Å². The molecule has 1 aliphatic carbocycles. The van der Waals surface area contributed by atoms with Crippen LogP contribution in [0.15, 0.2) is 40.9 Å². The Balaban J connectivity index is 1.72. The first kappa shape index (κ1) is 12.7. The van der Waals surface area contributed by atoms with Crippen molar-refractivity contribution in [2.24, 2.45) is 0 Å². The summed E-state index contributed by atoms with van der Waals surface area (Å²) in [4.78, 5) is 0. The number of aryl methyl sites for hydroxylation is 2. The van der Waals surface area contributed by atoms with Crippen molar-refractivity contribution in [3.63, 3.8) is 0 Å². The molecule has 0 heterocycles. The van der Waals surface area contributed by atoms with Crippen LogP contribution in [0.2, 0.25) is 0 Å². The molecule has 0 unspecified atom stereocenters. The normalized spacial score (nSPS) is 13.4. The zero-order valence-electron chi connectivity index (χ0n) is 10.5. The number of fused-ring (bicyclic) bond motifs is 1. The molecule has 0 bridgehead atoms. The Morgan fingerprint density at radius 1 is 1.05 bits per heavy atom. The van der Waals surface area contributed by atoms with Crippen molar-refractivity contribution in [2.75, 3.05) is 0 Å². The third-order valence-corrected chi connectivity index (χ3v) is 4.22. The van der Waals surface area contributed by atoms with E-state index in [1.165, 1.54) is 36.1 Å². The van der Waals surface area contributed by atoms with Gasteiger partial charge in [0.05, 0.1) is 0 Å². The Labute approximate surface area is 120 Å². The third-order valence-electron chi connectivity index (χ3n) is 3.48. The average molecular weight is 321 g/mol. The first-order valence-electron chi connectivity index (χ1n) is 6.41. The Morgan fingerprint density at radius 2 is 1.89 bits per heavy atom. The molecule has 0 aliphatic heterocycles. The van der Waals surface area contributed by atoms with Gasteiger partial charge in [0.15, 0.2) is 0 Å². The van der Waals surface area contributed by atoms with Gasteiger partial charge in [-0.15, -0.1) is 0 Å². The first-order valence-corrected chi connectivity index (χ1v) is 7.20. The van der Waals surface area contributed by atoms with Gasteiger partial charge < -0.3 is 4.74 Å². The van der Waals surface area contributed by atoms with Crippen LogP contribution in [-0.4, -0.2) is 0 Å². The van der Waals surface area contributed by atoms with Crippen molar-refractivity contribution in [2.45, 2.75) is 25.9 Å². The summed E-state index contributed by atoms with van der Waals surface area (Å²) >= 11 is 3.35. The zero-order valence-corrected chi connectivity index (χ0v) is 12.0. The van der Waals surface area contributed by atoms with E-state index in [9.17, 15) is 4.39 Å². The lowest BCUT2D eigenvalue weighted by Crippen LogP contribution is -1.97. The number of hydrogen-bond donors (Lipinski definition) is 0. The molecule has 1 nitrogen and oxygen atoms in total. The average Bonchev–Trinajstić information content (AvgIpc) is 2.85. The lowest BCUT2D eigenvalue weighted by atomic mass is 10.1. The second kappa shape index (κ2) is 5.33. The van der Waals surface area contributed by atoms with Gasteiger partial charge in [-0.3, -0.25) is 0 Å². The van der Waals surface area contributed by atoms with Gasteiger partial charge in [0.2, 0.25) is 0 Å². The van der Waals surface area contributed by atoms with E-state index < -0.39 is 0 Å². The molecular formula is C16H14BrFO. The minimum absolute atomic E-state index is 0.242. The molecular weight excluding hydrogens is 307 g/mol. The van der Waals surface area contributed by atoms with E-state index in [2.05, 4.69) is 28.1 Å². The van der Waals surface area contributed by atoms with Crippen molar-refractivity contribution in [1.29, 1.82) is 0 Å². The fraction of sp³-hybridized carbons (Fsp3) is 0.250. The number of hydrogen-bond acceptors (Lipinski definition) is 1. The van der Waals surface area contributed by atoms with Crippen LogP contribution in [0.3, 0.4) is 0 Å². The van der Waals surface area contributed by atoms with Crippen LogP contribution < -0.4 is 4.74 Å². The van der Waals surface area contributed by atoms with Crippen molar-refractivity contribution in [1.82, 2.24) is 0 Å². The highest BCUT2D eigenvalue weighted by molar-refractivity contribution is 9.10. The summed E-state index contributed by atoms with van der Waals surface area (Å²) in [5.41, 5.74) is 3.79. The van der Waals surface area contributed by atoms with Gasteiger partial charge in [-0.25, -0.2) is 4.39 Å². The highest BCUT2D eigenvalue weighted by Gasteiger charge is 2.11. The molecule has 3 heteroatoms. The molecule has 2 aromatic rings. The van der Waals surface area contributed by atoms with E-state index in [4.69, 9.17) is 4.74 Å². The fourth-order valence-electron chi connectivity index (χ4n) is 2.44. The van der Waals surface area contributed by atoms with Crippen LogP contribution in [-0.2, 0) is 19.4 Å². The highest BCUT2D eigenvalue weighted by atomic mass is 79.9. The molecule has 98 valence electrons. The molecule has 3 rings (SSSR count). The number of ether oxygens (including phenoxy) is 1.